The normalized spacial score (nSPS) is 12.6. The highest BCUT2D eigenvalue weighted by Gasteiger charge is 2.20. The fourth-order valence-electron chi connectivity index (χ4n) is 1.51. The Hall–Kier alpha value is -0.170. The highest BCUT2D eigenvalue weighted by Crippen LogP contribution is 2.04. The van der Waals surface area contributed by atoms with Gasteiger partial charge in [-0.2, -0.15) is 0 Å². The minimum Gasteiger partial charge on any atom is -0.320 e. The van der Waals surface area contributed by atoms with Crippen molar-refractivity contribution in [2.45, 2.75) is 19.8 Å². The molecule has 0 heterocycles. The SMILES string of the molecule is CCCN(CCN(C)C)S(=O)(=O)CCCNC. The van der Waals surface area contributed by atoms with E-state index in [1.807, 2.05) is 33.0 Å². The molecule has 1 N–H and O–H groups in total. The first-order chi connectivity index (χ1) is 7.94. The largest absolute Gasteiger partial charge is 0.320 e. The smallest absolute Gasteiger partial charge is 0.214 e. The molecule has 0 aliphatic carbocycles. The van der Waals surface area contributed by atoms with Gasteiger partial charge in [0.25, 0.3) is 0 Å². The molecule has 0 saturated heterocycles. The van der Waals surface area contributed by atoms with Crippen LogP contribution in [0.3, 0.4) is 0 Å². The lowest BCUT2D eigenvalue weighted by Crippen LogP contribution is -2.38. The van der Waals surface area contributed by atoms with E-state index in [9.17, 15) is 8.42 Å². The summed E-state index contributed by atoms with van der Waals surface area (Å²) in [5, 5.41) is 2.97. The topological polar surface area (TPSA) is 52.7 Å². The Bertz CT molecular complexity index is 278. The lowest BCUT2D eigenvalue weighted by molar-refractivity contribution is 0.332. The van der Waals surface area contributed by atoms with Crippen LogP contribution in [0.25, 0.3) is 0 Å². The summed E-state index contributed by atoms with van der Waals surface area (Å²) in [4.78, 5) is 2.01. The molecule has 6 heteroatoms. The Balaban J connectivity index is 4.33. The Kier molecular flexibility index (Phi) is 8.77. The minimum atomic E-state index is -3.09. The zero-order chi connectivity index (χ0) is 13.3. The molecule has 17 heavy (non-hydrogen) atoms. The summed E-state index contributed by atoms with van der Waals surface area (Å²) in [5.41, 5.74) is 0. The number of hydrogen-bond acceptors (Lipinski definition) is 4. The van der Waals surface area contributed by atoms with Crippen LogP contribution >= 0.6 is 0 Å². The first-order valence-electron chi connectivity index (χ1n) is 6.21. The van der Waals surface area contributed by atoms with Crippen molar-refractivity contribution in [1.82, 2.24) is 14.5 Å². The molecular formula is C11H27N3O2S. The van der Waals surface area contributed by atoms with Crippen molar-refractivity contribution in [3.05, 3.63) is 0 Å². The molecule has 0 aromatic heterocycles. The Labute approximate surface area is 106 Å². The van der Waals surface area contributed by atoms with Gasteiger partial charge in [0.05, 0.1) is 5.75 Å². The van der Waals surface area contributed by atoms with E-state index in [4.69, 9.17) is 0 Å². The first kappa shape index (κ1) is 16.8. The lowest BCUT2D eigenvalue weighted by atomic mass is 10.4. The summed E-state index contributed by atoms with van der Waals surface area (Å²) < 4.78 is 25.8. The first-order valence-corrected chi connectivity index (χ1v) is 7.82. The second-order valence-electron chi connectivity index (χ2n) is 4.48. The van der Waals surface area contributed by atoms with Crippen molar-refractivity contribution >= 4 is 10.0 Å². The molecule has 0 spiro atoms. The van der Waals surface area contributed by atoms with Crippen molar-refractivity contribution in [3.63, 3.8) is 0 Å². The monoisotopic (exact) mass is 265 g/mol. The van der Waals surface area contributed by atoms with Gasteiger partial charge in [0, 0.05) is 19.6 Å². The van der Waals surface area contributed by atoms with E-state index in [0.717, 1.165) is 19.5 Å². The molecule has 0 aromatic rings. The molecule has 0 unspecified atom stereocenters. The summed E-state index contributed by atoms with van der Waals surface area (Å²) in [6.45, 7) is 4.72. The van der Waals surface area contributed by atoms with E-state index in [0.29, 0.717) is 19.5 Å². The molecule has 0 aliphatic rings. The second kappa shape index (κ2) is 8.85. The molecule has 104 valence electrons. The van der Waals surface area contributed by atoms with Crippen LogP contribution < -0.4 is 5.32 Å². The maximum atomic E-state index is 12.1. The van der Waals surface area contributed by atoms with Crippen LogP contribution in [0, 0.1) is 0 Å². The van der Waals surface area contributed by atoms with Crippen LogP contribution in [0.1, 0.15) is 19.8 Å². The molecule has 0 saturated carbocycles. The van der Waals surface area contributed by atoms with E-state index in [2.05, 4.69) is 5.32 Å². The van der Waals surface area contributed by atoms with Crippen LogP contribution in [0.2, 0.25) is 0 Å². The van der Waals surface area contributed by atoms with Gasteiger partial charge >= 0.3 is 0 Å². The third-order valence-corrected chi connectivity index (χ3v) is 4.45. The third-order valence-electron chi connectivity index (χ3n) is 2.49. The Morgan fingerprint density at radius 2 is 1.76 bits per heavy atom. The highest BCUT2D eigenvalue weighted by atomic mass is 32.2. The molecule has 0 aliphatic heterocycles. The standard InChI is InChI=1S/C11H27N3O2S/c1-5-8-14(10-9-13(3)4)17(15,16)11-6-7-12-2/h12H,5-11H2,1-4H3. The van der Waals surface area contributed by atoms with Gasteiger partial charge in [0.2, 0.25) is 10.0 Å². The van der Waals surface area contributed by atoms with Crippen molar-refractivity contribution in [2.75, 3.05) is 53.1 Å². The number of rotatable bonds is 10. The number of hydrogen-bond donors (Lipinski definition) is 1. The summed E-state index contributed by atoms with van der Waals surface area (Å²) in [5.74, 6) is 0.237. The van der Waals surface area contributed by atoms with E-state index in [-0.39, 0.29) is 5.75 Å². The number of likely N-dealkylation sites (N-methyl/N-ethyl adjacent to an activating group) is 1. The summed E-state index contributed by atoms with van der Waals surface area (Å²) in [6, 6.07) is 0. The zero-order valence-corrected chi connectivity index (χ0v) is 12.4. The van der Waals surface area contributed by atoms with Crippen molar-refractivity contribution in [3.8, 4) is 0 Å². The van der Waals surface area contributed by atoms with Crippen molar-refractivity contribution in [1.29, 1.82) is 0 Å². The van der Waals surface area contributed by atoms with Gasteiger partial charge in [-0.1, -0.05) is 6.92 Å². The predicted octanol–water partition coefficient (Wildman–Crippen LogP) is 0.199. The van der Waals surface area contributed by atoms with E-state index >= 15 is 0 Å². The highest BCUT2D eigenvalue weighted by molar-refractivity contribution is 7.89. The Morgan fingerprint density at radius 3 is 2.24 bits per heavy atom. The van der Waals surface area contributed by atoms with Gasteiger partial charge < -0.3 is 10.2 Å². The van der Waals surface area contributed by atoms with E-state index in [1.165, 1.54) is 0 Å². The lowest BCUT2D eigenvalue weighted by Gasteiger charge is -2.23. The van der Waals surface area contributed by atoms with E-state index < -0.39 is 10.0 Å². The summed E-state index contributed by atoms with van der Waals surface area (Å²) >= 11 is 0. The third kappa shape index (κ3) is 7.70. The second-order valence-corrected chi connectivity index (χ2v) is 6.56. The predicted molar refractivity (Wildman–Crippen MR) is 72.7 cm³/mol. The van der Waals surface area contributed by atoms with Gasteiger partial charge in [-0.25, -0.2) is 12.7 Å². The van der Waals surface area contributed by atoms with E-state index in [1.54, 1.807) is 4.31 Å². The van der Waals surface area contributed by atoms with Gasteiger partial charge in [-0.3, -0.25) is 0 Å². The number of nitrogens with zero attached hydrogens (tertiary/aromatic N) is 2. The maximum absolute atomic E-state index is 12.1. The van der Waals surface area contributed by atoms with Crippen LogP contribution in [0.15, 0.2) is 0 Å². The molecule has 0 bridgehead atoms. The van der Waals surface area contributed by atoms with Crippen LogP contribution in [-0.4, -0.2) is 70.7 Å². The zero-order valence-electron chi connectivity index (χ0n) is 11.6. The summed E-state index contributed by atoms with van der Waals surface area (Å²) in [7, 11) is 2.66. The van der Waals surface area contributed by atoms with Gasteiger partial charge in [0.15, 0.2) is 0 Å². The fraction of sp³-hybridized carbons (Fsp3) is 1.00. The minimum absolute atomic E-state index is 0.237. The average Bonchev–Trinajstić information content (AvgIpc) is 2.23. The molecule has 0 atom stereocenters. The number of sulfonamides is 1. The van der Waals surface area contributed by atoms with Crippen molar-refractivity contribution in [2.24, 2.45) is 0 Å². The summed E-state index contributed by atoms with van der Waals surface area (Å²) in [6.07, 6.45) is 1.53. The molecule has 0 amide bonds. The quantitative estimate of drug-likeness (QED) is 0.573. The van der Waals surface area contributed by atoms with Crippen LogP contribution in [0.5, 0.6) is 0 Å². The fourth-order valence-corrected chi connectivity index (χ4v) is 3.10. The number of nitrogens with one attached hydrogen (secondary N) is 1. The van der Waals surface area contributed by atoms with Crippen LogP contribution in [0.4, 0.5) is 0 Å². The van der Waals surface area contributed by atoms with Gasteiger partial charge in [0.1, 0.15) is 0 Å². The molecule has 0 fully saturated rings. The molecular weight excluding hydrogens is 238 g/mol. The van der Waals surface area contributed by atoms with Gasteiger partial charge in [-0.05, 0) is 40.5 Å². The van der Waals surface area contributed by atoms with Crippen molar-refractivity contribution < 1.29 is 8.42 Å². The average molecular weight is 265 g/mol. The molecule has 0 aromatic carbocycles. The Morgan fingerprint density at radius 1 is 1.12 bits per heavy atom. The molecule has 0 rings (SSSR count). The van der Waals surface area contributed by atoms with Crippen LogP contribution in [-0.2, 0) is 10.0 Å². The van der Waals surface area contributed by atoms with Gasteiger partial charge in [-0.15, -0.1) is 0 Å². The molecule has 0 radical (unpaired) electrons. The maximum Gasteiger partial charge on any atom is 0.214 e. The molecule has 5 nitrogen and oxygen atoms in total.